The predicted molar refractivity (Wildman–Crippen MR) is 74.7 cm³/mol. The van der Waals surface area contributed by atoms with Crippen LogP contribution in [0.4, 0.5) is 0 Å². The standard InChI is InChI=1S/C14H17ClN2O3/c15-11-4-5-12(16-8-11)14(20)17-7-1-2-10(9-17)3-6-13(18)19/h4-5,8,10H,1-3,6-7,9H2,(H,18,19). The predicted octanol–water partition coefficient (Wildman–Crippen LogP) is 2.45. The van der Waals surface area contributed by atoms with E-state index in [2.05, 4.69) is 4.98 Å². The van der Waals surface area contributed by atoms with Gasteiger partial charge < -0.3 is 10.0 Å². The van der Waals surface area contributed by atoms with E-state index in [1.54, 1.807) is 17.0 Å². The number of amides is 1. The van der Waals surface area contributed by atoms with E-state index in [9.17, 15) is 9.59 Å². The largest absolute Gasteiger partial charge is 0.481 e. The molecule has 1 fully saturated rings. The zero-order valence-corrected chi connectivity index (χ0v) is 11.8. The molecule has 1 atom stereocenters. The second kappa shape index (κ2) is 6.70. The Morgan fingerprint density at radius 3 is 2.90 bits per heavy atom. The van der Waals surface area contributed by atoms with Gasteiger partial charge in [0.15, 0.2) is 0 Å². The number of aliphatic carboxylic acids is 1. The molecule has 2 heterocycles. The van der Waals surface area contributed by atoms with Crippen molar-refractivity contribution >= 4 is 23.5 Å². The van der Waals surface area contributed by atoms with Crippen molar-refractivity contribution in [3.05, 3.63) is 29.0 Å². The summed E-state index contributed by atoms with van der Waals surface area (Å²) in [4.78, 5) is 28.7. The Labute approximate surface area is 122 Å². The number of pyridine rings is 1. The Morgan fingerprint density at radius 1 is 1.45 bits per heavy atom. The van der Waals surface area contributed by atoms with Gasteiger partial charge in [-0.3, -0.25) is 9.59 Å². The Balaban J connectivity index is 1.96. The lowest BCUT2D eigenvalue weighted by molar-refractivity contribution is -0.137. The lowest BCUT2D eigenvalue weighted by Gasteiger charge is -2.32. The van der Waals surface area contributed by atoms with E-state index in [4.69, 9.17) is 16.7 Å². The van der Waals surface area contributed by atoms with Crippen LogP contribution in [0.25, 0.3) is 0 Å². The Kier molecular flexibility index (Phi) is 4.95. The molecule has 1 N–H and O–H groups in total. The molecular formula is C14H17ClN2O3. The summed E-state index contributed by atoms with van der Waals surface area (Å²) >= 11 is 5.75. The van der Waals surface area contributed by atoms with Crippen LogP contribution in [0.2, 0.25) is 5.02 Å². The summed E-state index contributed by atoms with van der Waals surface area (Å²) in [7, 11) is 0. The number of carboxylic acid groups (broad SMARTS) is 1. The second-order valence-corrected chi connectivity index (χ2v) is 5.49. The quantitative estimate of drug-likeness (QED) is 0.926. The van der Waals surface area contributed by atoms with Crippen LogP contribution in [-0.4, -0.2) is 40.0 Å². The van der Waals surface area contributed by atoms with Gasteiger partial charge in [-0.25, -0.2) is 4.98 Å². The monoisotopic (exact) mass is 296 g/mol. The first-order chi connectivity index (χ1) is 9.56. The molecule has 1 saturated heterocycles. The van der Waals surface area contributed by atoms with Crippen LogP contribution in [0.15, 0.2) is 18.3 Å². The highest BCUT2D eigenvalue weighted by atomic mass is 35.5. The highest BCUT2D eigenvalue weighted by Crippen LogP contribution is 2.22. The number of hydrogen-bond acceptors (Lipinski definition) is 3. The summed E-state index contributed by atoms with van der Waals surface area (Å²) in [6.45, 7) is 1.31. The molecule has 1 aromatic rings. The number of likely N-dealkylation sites (tertiary alicyclic amines) is 1. The molecule has 1 aliphatic heterocycles. The van der Waals surface area contributed by atoms with Crippen molar-refractivity contribution in [2.75, 3.05) is 13.1 Å². The van der Waals surface area contributed by atoms with E-state index in [0.29, 0.717) is 30.2 Å². The van der Waals surface area contributed by atoms with Crippen LogP contribution in [0.5, 0.6) is 0 Å². The SMILES string of the molecule is O=C(O)CCC1CCCN(C(=O)c2ccc(Cl)cn2)C1. The van der Waals surface area contributed by atoms with Gasteiger partial charge in [0.1, 0.15) is 5.69 Å². The van der Waals surface area contributed by atoms with Gasteiger partial charge >= 0.3 is 5.97 Å². The van der Waals surface area contributed by atoms with Gasteiger partial charge in [-0.05, 0) is 37.3 Å². The molecular weight excluding hydrogens is 280 g/mol. The maximum Gasteiger partial charge on any atom is 0.303 e. The fourth-order valence-electron chi connectivity index (χ4n) is 2.48. The molecule has 6 heteroatoms. The summed E-state index contributed by atoms with van der Waals surface area (Å²) in [5, 5.41) is 9.22. The van der Waals surface area contributed by atoms with E-state index in [1.807, 2.05) is 0 Å². The molecule has 1 unspecified atom stereocenters. The summed E-state index contributed by atoms with van der Waals surface area (Å²) in [6, 6.07) is 3.26. The molecule has 0 aliphatic carbocycles. The van der Waals surface area contributed by atoms with Gasteiger partial charge in [-0.15, -0.1) is 0 Å². The first-order valence-corrected chi connectivity index (χ1v) is 7.06. The maximum atomic E-state index is 12.3. The van der Waals surface area contributed by atoms with Crippen molar-refractivity contribution in [2.45, 2.75) is 25.7 Å². The van der Waals surface area contributed by atoms with Gasteiger partial charge in [0, 0.05) is 25.7 Å². The third kappa shape index (κ3) is 3.93. The molecule has 20 heavy (non-hydrogen) atoms. The van der Waals surface area contributed by atoms with Crippen LogP contribution in [0.1, 0.15) is 36.2 Å². The number of rotatable bonds is 4. The molecule has 5 nitrogen and oxygen atoms in total. The minimum atomic E-state index is -0.784. The van der Waals surface area contributed by atoms with E-state index >= 15 is 0 Å². The first kappa shape index (κ1) is 14.8. The van der Waals surface area contributed by atoms with Crippen molar-refractivity contribution in [3.8, 4) is 0 Å². The number of carboxylic acids is 1. The van der Waals surface area contributed by atoms with Crippen LogP contribution in [0, 0.1) is 5.92 Å². The van der Waals surface area contributed by atoms with Crippen LogP contribution in [0.3, 0.4) is 0 Å². The zero-order valence-electron chi connectivity index (χ0n) is 11.1. The van der Waals surface area contributed by atoms with Crippen molar-refractivity contribution in [1.82, 2.24) is 9.88 Å². The summed E-state index contributed by atoms with van der Waals surface area (Å²) in [5.74, 6) is -0.634. The minimum Gasteiger partial charge on any atom is -0.481 e. The van der Waals surface area contributed by atoms with Gasteiger partial charge in [-0.1, -0.05) is 11.6 Å². The first-order valence-electron chi connectivity index (χ1n) is 6.69. The Hall–Kier alpha value is -1.62. The molecule has 0 spiro atoms. The number of hydrogen-bond donors (Lipinski definition) is 1. The highest BCUT2D eigenvalue weighted by molar-refractivity contribution is 6.30. The van der Waals surface area contributed by atoms with Crippen LogP contribution < -0.4 is 0 Å². The average molecular weight is 297 g/mol. The van der Waals surface area contributed by atoms with E-state index in [1.165, 1.54) is 6.20 Å². The third-order valence-electron chi connectivity index (χ3n) is 3.52. The Morgan fingerprint density at radius 2 is 2.25 bits per heavy atom. The molecule has 1 aliphatic rings. The van der Waals surface area contributed by atoms with Gasteiger partial charge in [0.2, 0.25) is 0 Å². The van der Waals surface area contributed by atoms with E-state index < -0.39 is 5.97 Å². The lowest BCUT2D eigenvalue weighted by atomic mass is 9.93. The normalized spacial score (nSPS) is 18.9. The van der Waals surface area contributed by atoms with Gasteiger partial charge in [-0.2, -0.15) is 0 Å². The van der Waals surface area contributed by atoms with Crippen molar-refractivity contribution in [3.63, 3.8) is 0 Å². The number of carbonyl (C=O) groups excluding carboxylic acids is 1. The van der Waals surface area contributed by atoms with Crippen molar-refractivity contribution in [1.29, 1.82) is 0 Å². The number of piperidine rings is 1. The van der Waals surface area contributed by atoms with Crippen molar-refractivity contribution < 1.29 is 14.7 Å². The molecule has 1 aromatic heterocycles. The van der Waals surface area contributed by atoms with Gasteiger partial charge in [0.25, 0.3) is 5.91 Å². The number of aromatic nitrogens is 1. The van der Waals surface area contributed by atoms with Gasteiger partial charge in [0.05, 0.1) is 5.02 Å². The topological polar surface area (TPSA) is 70.5 Å². The van der Waals surface area contributed by atoms with Crippen LogP contribution in [-0.2, 0) is 4.79 Å². The summed E-state index contributed by atoms with van der Waals surface area (Å²) in [5.41, 5.74) is 0.383. The fraction of sp³-hybridized carbons (Fsp3) is 0.500. The van der Waals surface area contributed by atoms with Crippen molar-refractivity contribution in [2.24, 2.45) is 5.92 Å². The molecule has 0 radical (unpaired) electrons. The molecule has 0 saturated carbocycles. The highest BCUT2D eigenvalue weighted by Gasteiger charge is 2.25. The van der Waals surface area contributed by atoms with E-state index in [-0.39, 0.29) is 18.2 Å². The summed E-state index contributed by atoms with van der Waals surface area (Å²) in [6.07, 6.45) is 4.12. The van der Waals surface area contributed by atoms with Crippen LogP contribution >= 0.6 is 11.6 Å². The fourth-order valence-corrected chi connectivity index (χ4v) is 2.59. The summed E-state index contributed by atoms with van der Waals surface area (Å²) < 4.78 is 0. The average Bonchev–Trinajstić information content (AvgIpc) is 2.45. The number of halogens is 1. The maximum absolute atomic E-state index is 12.3. The zero-order chi connectivity index (χ0) is 14.5. The second-order valence-electron chi connectivity index (χ2n) is 5.05. The molecule has 108 valence electrons. The molecule has 2 rings (SSSR count). The van der Waals surface area contributed by atoms with E-state index in [0.717, 1.165) is 12.8 Å². The number of nitrogens with zero attached hydrogens (tertiary/aromatic N) is 2. The third-order valence-corrected chi connectivity index (χ3v) is 3.74. The number of carbonyl (C=O) groups is 2. The minimum absolute atomic E-state index is 0.110. The Bertz CT molecular complexity index is 490. The smallest absolute Gasteiger partial charge is 0.303 e. The molecule has 0 bridgehead atoms. The molecule has 1 amide bonds. The lowest BCUT2D eigenvalue weighted by Crippen LogP contribution is -2.40. The molecule has 0 aromatic carbocycles.